The van der Waals surface area contributed by atoms with Crippen LogP contribution in [-0.4, -0.2) is 9.98 Å². The van der Waals surface area contributed by atoms with E-state index in [0.29, 0.717) is 0 Å². The van der Waals surface area contributed by atoms with Crippen molar-refractivity contribution in [3.8, 4) is 0 Å². The molecule has 0 amide bonds. The molecule has 3 aromatic rings. The molecule has 1 aliphatic rings. The molecule has 0 N–H and O–H groups in total. The lowest BCUT2D eigenvalue weighted by Crippen LogP contribution is -2.21. The van der Waals surface area contributed by atoms with E-state index >= 15 is 0 Å². The van der Waals surface area contributed by atoms with Crippen LogP contribution in [0.2, 0.25) is 0 Å². The number of fused-ring (bicyclic) bond motifs is 2. The molecule has 2 heterocycles. The highest BCUT2D eigenvalue weighted by Crippen LogP contribution is 2.34. The van der Waals surface area contributed by atoms with Crippen molar-refractivity contribution in [3.05, 3.63) is 64.3 Å². The molecule has 0 atom stereocenters. The molecule has 4 rings (SSSR count). The van der Waals surface area contributed by atoms with Crippen LogP contribution in [-0.2, 0) is 20.0 Å². The Kier molecular flexibility index (Phi) is 3.54. The predicted molar refractivity (Wildman–Crippen MR) is 107 cm³/mol. The Morgan fingerprint density at radius 3 is 2.62 bits per heavy atom. The number of aryl methyl sites for hydroxylation is 3. The highest BCUT2D eigenvalue weighted by molar-refractivity contribution is 7.22. The van der Waals surface area contributed by atoms with Gasteiger partial charge in [-0.2, -0.15) is 0 Å². The van der Waals surface area contributed by atoms with E-state index in [1.165, 1.54) is 50.0 Å². The van der Waals surface area contributed by atoms with Crippen molar-refractivity contribution in [1.29, 1.82) is 0 Å². The molecule has 3 heteroatoms. The molecule has 0 radical (unpaired) electrons. The third-order valence-electron chi connectivity index (χ3n) is 5.54. The van der Waals surface area contributed by atoms with Crippen LogP contribution in [0, 0.1) is 13.8 Å². The van der Waals surface area contributed by atoms with E-state index in [-0.39, 0.29) is 0 Å². The summed E-state index contributed by atoms with van der Waals surface area (Å²) in [5.41, 5.74) is 10.5. The Bertz CT molecular complexity index is 981. The van der Waals surface area contributed by atoms with E-state index < -0.39 is 0 Å². The van der Waals surface area contributed by atoms with Gasteiger partial charge in [0.2, 0.25) is 0 Å². The fraction of sp³-hybridized carbons (Fsp3) is 0.286. The van der Waals surface area contributed by atoms with Gasteiger partial charge in [0, 0.05) is 41.4 Å². The molecule has 0 spiro atoms. The van der Waals surface area contributed by atoms with Crippen LogP contribution in [0.5, 0.6) is 0 Å². The van der Waals surface area contributed by atoms with Crippen molar-refractivity contribution >= 4 is 30.9 Å². The van der Waals surface area contributed by atoms with Crippen molar-refractivity contribution in [2.75, 3.05) is 4.90 Å². The zero-order valence-corrected chi connectivity index (χ0v) is 15.8. The molecule has 0 bridgehead atoms. The quantitative estimate of drug-likeness (QED) is 0.599. The number of benzene rings is 2. The normalized spacial score (nSPS) is 13.8. The average molecular weight is 334 g/mol. The van der Waals surface area contributed by atoms with Gasteiger partial charge < -0.3 is 9.47 Å². The van der Waals surface area contributed by atoms with Crippen LogP contribution in [0.15, 0.2) is 36.4 Å². The van der Waals surface area contributed by atoms with Gasteiger partial charge >= 0.3 is 0 Å². The minimum atomic E-state index is 0.925. The largest absolute Gasteiger partial charge is 0.348 e. The fourth-order valence-corrected chi connectivity index (χ4v) is 4.17. The Morgan fingerprint density at radius 1 is 1.08 bits per heavy atom. The molecule has 24 heavy (non-hydrogen) atoms. The molecular weight excluding hydrogens is 311 g/mol. The van der Waals surface area contributed by atoms with Crippen molar-refractivity contribution in [2.45, 2.75) is 33.7 Å². The van der Waals surface area contributed by atoms with Gasteiger partial charge in [-0.05, 0) is 61.2 Å². The monoisotopic (exact) mass is 334 g/mol. The van der Waals surface area contributed by atoms with E-state index in [1.54, 1.807) is 0 Å². The first-order chi connectivity index (χ1) is 11.5. The maximum absolute atomic E-state index is 3.90. The second-order valence-electron chi connectivity index (χ2n) is 6.75. The highest BCUT2D eigenvalue weighted by Gasteiger charge is 2.24. The molecule has 0 unspecified atom stereocenters. The third kappa shape index (κ3) is 2.13. The van der Waals surface area contributed by atoms with Gasteiger partial charge in [-0.1, -0.05) is 27.9 Å². The van der Waals surface area contributed by atoms with Crippen LogP contribution < -0.4 is 4.90 Å². The van der Waals surface area contributed by atoms with Gasteiger partial charge in [-0.15, -0.1) is 0 Å². The Hall–Kier alpha value is -2.05. The number of hydrogen-bond donors (Lipinski definition) is 0. The Morgan fingerprint density at radius 2 is 1.88 bits per heavy atom. The predicted octanol–water partition coefficient (Wildman–Crippen LogP) is 5.00. The van der Waals surface area contributed by atoms with Crippen LogP contribution in [0.3, 0.4) is 0 Å². The number of aromatic nitrogens is 1. The lowest BCUT2D eigenvalue weighted by Gasteiger charge is -2.19. The average Bonchev–Trinajstić information content (AvgIpc) is 3.05. The molecule has 0 aliphatic carbocycles. The SMILES string of the molecule is CCc1ccc2c(c1)C(=P)N(c1ccc3c(c1)c(C)c(C)n3C)C2. The summed E-state index contributed by atoms with van der Waals surface area (Å²) in [7, 11) is 6.05. The zero-order valence-electron chi connectivity index (χ0n) is 14.8. The van der Waals surface area contributed by atoms with E-state index in [2.05, 4.69) is 82.5 Å². The summed E-state index contributed by atoms with van der Waals surface area (Å²) >= 11 is 0. The van der Waals surface area contributed by atoms with Crippen molar-refractivity contribution < 1.29 is 0 Å². The summed E-state index contributed by atoms with van der Waals surface area (Å²) in [5.74, 6) is 0. The van der Waals surface area contributed by atoms with Gasteiger partial charge in [0.15, 0.2) is 0 Å². The van der Waals surface area contributed by atoms with Crippen LogP contribution in [0.25, 0.3) is 10.9 Å². The van der Waals surface area contributed by atoms with Crippen LogP contribution in [0.4, 0.5) is 5.69 Å². The fourth-order valence-electron chi connectivity index (χ4n) is 3.73. The molecule has 0 fully saturated rings. The zero-order chi connectivity index (χ0) is 17.0. The topological polar surface area (TPSA) is 8.17 Å². The van der Waals surface area contributed by atoms with E-state index in [0.717, 1.165) is 13.0 Å². The van der Waals surface area contributed by atoms with Crippen molar-refractivity contribution in [2.24, 2.45) is 7.05 Å². The summed E-state index contributed by atoms with van der Waals surface area (Å²) in [6.45, 7) is 7.53. The summed E-state index contributed by atoms with van der Waals surface area (Å²) in [6.07, 6.45) is 1.07. The third-order valence-corrected chi connectivity index (χ3v) is 6.08. The Labute approximate surface area is 145 Å². The number of anilines is 1. The molecule has 1 aliphatic heterocycles. The summed E-state index contributed by atoms with van der Waals surface area (Å²) in [4.78, 5) is 2.36. The summed E-state index contributed by atoms with van der Waals surface area (Å²) < 4.78 is 2.28. The van der Waals surface area contributed by atoms with E-state index in [4.69, 9.17) is 0 Å². The van der Waals surface area contributed by atoms with E-state index in [1.807, 2.05) is 0 Å². The maximum Gasteiger partial charge on any atom is 0.0691 e. The second kappa shape index (κ2) is 5.50. The lowest BCUT2D eigenvalue weighted by atomic mass is 10.1. The molecular formula is C21H23N2P. The molecule has 2 nitrogen and oxygen atoms in total. The smallest absolute Gasteiger partial charge is 0.0691 e. The second-order valence-corrected chi connectivity index (χ2v) is 7.22. The molecule has 122 valence electrons. The molecule has 1 aromatic heterocycles. The maximum atomic E-state index is 3.90. The number of rotatable bonds is 2. The number of hydrogen-bond acceptors (Lipinski definition) is 0. The molecule has 0 saturated carbocycles. The van der Waals surface area contributed by atoms with Crippen molar-refractivity contribution in [3.63, 3.8) is 0 Å². The van der Waals surface area contributed by atoms with E-state index in [9.17, 15) is 0 Å². The highest BCUT2D eigenvalue weighted by atomic mass is 31.0. The van der Waals surface area contributed by atoms with Crippen LogP contribution >= 0.6 is 8.86 Å². The first-order valence-corrected chi connectivity index (χ1v) is 9.05. The first kappa shape index (κ1) is 15.5. The van der Waals surface area contributed by atoms with Crippen molar-refractivity contribution in [1.82, 2.24) is 4.57 Å². The standard InChI is InChI=1S/C21H23N2P/c1-5-15-6-7-16-12-23(21(24)19(16)10-15)17-8-9-20-18(11-17)13(2)14(3)22(20)4/h6-11,24H,5,12H2,1-4H3. The van der Waals surface area contributed by atoms with Gasteiger partial charge in [0.05, 0.1) is 5.42 Å². The van der Waals surface area contributed by atoms with Gasteiger partial charge in [0.1, 0.15) is 0 Å². The van der Waals surface area contributed by atoms with Gasteiger partial charge in [0.25, 0.3) is 0 Å². The lowest BCUT2D eigenvalue weighted by molar-refractivity contribution is 0.910. The summed E-state index contributed by atoms with van der Waals surface area (Å²) in [6, 6.07) is 13.6. The number of nitrogens with zero attached hydrogens (tertiary/aromatic N) is 2. The minimum Gasteiger partial charge on any atom is -0.348 e. The molecule has 2 aromatic carbocycles. The minimum absolute atomic E-state index is 0.925. The van der Waals surface area contributed by atoms with Crippen LogP contribution in [0.1, 0.15) is 34.9 Å². The Balaban J connectivity index is 1.79. The first-order valence-electron chi connectivity index (χ1n) is 8.55. The molecule has 0 saturated heterocycles. The summed E-state index contributed by atoms with van der Waals surface area (Å²) in [5, 5.41) is 1.34. The van der Waals surface area contributed by atoms with Gasteiger partial charge in [-0.25, -0.2) is 0 Å². The van der Waals surface area contributed by atoms with Gasteiger partial charge in [-0.3, -0.25) is 0 Å².